The first-order valence-electron chi connectivity index (χ1n) is 12.0. The Morgan fingerprint density at radius 2 is 1.93 bits per heavy atom. The van der Waals surface area contributed by atoms with E-state index in [9.17, 15) is 37.7 Å². The molecule has 15 nitrogen and oxygen atoms in total. The number of nitrogens with zero attached hydrogens (tertiary/aromatic N) is 2. The first kappa shape index (κ1) is 32.2. The number of carbonyl (C=O) groups excluding carboxylic acids is 2. The molecule has 0 saturated carbocycles. The summed E-state index contributed by atoms with van der Waals surface area (Å²) in [6.45, 7) is 2.03. The molecule has 5 atom stereocenters. The van der Waals surface area contributed by atoms with Gasteiger partial charge < -0.3 is 19.5 Å². The molecule has 1 aromatic carbocycles. The molecule has 0 spiro atoms. The van der Waals surface area contributed by atoms with Crippen LogP contribution in [0.5, 0.6) is 0 Å². The molecule has 2 aromatic rings. The number of nitrogens with one attached hydrogen (secondary N) is 2. The average molecular weight is 606 g/mol. The van der Waals surface area contributed by atoms with E-state index >= 15 is 0 Å². The lowest BCUT2D eigenvalue weighted by Gasteiger charge is -2.24. The maximum absolute atomic E-state index is 14.9. The molecule has 226 valence electrons. The number of halogens is 2. The van der Waals surface area contributed by atoms with Gasteiger partial charge in [0.25, 0.3) is 0 Å². The van der Waals surface area contributed by atoms with Gasteiger partial charge in [-0.25, -0.2) is 19.2 Å². The molecule has 1 amide bonds. The quantitative estimate of drug-likeness (QED) is 0.118. The van der Waals surface area contributed by atoms with E-state index in [1.165, 1.54) is 0 Å². The van der Waals surface area contributed by atoms with E-state index in [2.05, 4.69) is 19.8 Å². The van der Waals surface area contributed by atoms with Gasteiger partial charge in [-0.2, -0.15) is 18.7 Å². The van der Waals surface area contributed by atoms with Crippen molar-refractivity contribution >= 4 is 25.6 Å². The van der Waals surface area contributed by atoms with Crippen LogP contribution >= 0.6 is 7.75 Å². The number of aliphatic hydroxyl groups is 1. The maximum Gasteiger partial charge on any atom is 0.444 e. The zero-order valence-electron chi connectivity index (χ0n) is 22.0. The third-order valence-electron chi connectivity index (χ3n) is 5.71. The van der Waals surface area contributed by atoms with Crippen molar-refractivity contribution < 1.29 is 56.7 Å². The fraction of sp³-hybridized carbons (Fsp3) is 0.478. The predicted octanol–water partition coefficient (Wildman–Crippen LogP) is 1.72. The predicted molar refractivity (Wildman–Crippen MR) is 134 cm³/mol. The van der Waals surface area contributed by atoms with Crippen molar-refractivity contribution in [1.29, 1.82) is 0 Å². The molecule has 3 rings (SSSR count). The van der Waals surface area contributed by atoms with E-state index in [0.717, 1.165) is 19.4 Å². The lowest BCUT2D eigenvalue weighted by atomic mass is 10.1. The SMILES string of the molecule is COOC(=O)Nc1ccn(C2OC(COP(=O)(O)NC(C(=O)OCc3ccccc3)C(C)C)[C@@H](O)C2(F)F)c(=O)n1. The highest BCUT2D eigenvalue weighted by Gasteiger charge is 2.60. The minimum Gasteiger partial charge on any atom is -0.460 e. The molecule has 0 aliphatic carbocycles. The highest BCUT2D eigenvalue weighted by atomic mass is 31.2. The van der Waals surface area contributed by atoms with Crippen LogP contribution in [-0.2, 0) is 39.7 Å². The summed E-state index contributed by atoms with van der Waals surface area (Å²) in [5, 5.41) is 14.3. The Hall–Kier alpha value is -3.31. The summed E-state index contributed by atoms with van der Waals surface area (Å²) in [7, 11) is -3.78. The molecular weight excluding hydrogens is 577 g/mol. The van der Waals surface area contributed by atoms with Gasteiger partial charge in [0, 0.05) is 6.20 Å². The molecule has 4 N–H and O–H groups in total. The minimum atomic E-state index is -4.83. The fourth-order valence-corrected chi connectivity index (χ4v) is 4.83. The standard InChI is InChI=1S/C23H29F2N4O11P/c1-13(2)17(19(31)37-11-14-7-5-4-6-8-14)28-41(34,35)38-12-15-18(30)23(24,25)20(39-15)29-10-9-16(26-21(29)32)27-22(33)40-36-3/h4-10,13,15,17-18,20,30H,11-12H2,1-3H3,(H2,28,34,35)(H,26,27,32,33)/t15?,17?,18-,20?/m1/s1. The third kappa shape index (κ3) is 8.36. The Morgan fingerprint density at radius 1 is 1.24 bits per heavy atom. The second kappa shape index (κ2) is 13.6. The molecule has 2 heterocycles. The van der Waals surface area contributed by atoms with Gasteiger partial charge in [-0.15, -0.1) is 0 Å². The summed E-state index contributed by atoms with van der Waals surface area (Å²) in [4.78, 5) is 58.3. The summed E-state index contributed by atoms with van der Waals surface area (Å²) in [6, 6.07) is 8.36. The lowest BCUT2D eigenvalue weighted by molar-refractivity contribution is -0.208. The van der Waals surface area contributed by atoms with Crippen LogP contribution < -0.4 is 16.1 Å². The number of carbonyl (C=O) groups is 2. The average Bonchev–Trinajstić information content (AvgIpc) is 3.13. The molecule has 1 aliphatic heterocycles. The summed E-state index contributed by atoms with van der Waals surface area (Å²) in [5.41, 5.74) is -0.606. The fourth-order valence-electron chi connectivity index (χ4n) is 3.65. The van der Waals surface area contributed by atoms with Crippen LogP contribution in [0.3, 0.4) is 0 Å². The van der Waals surface area contributed by atoms with Crippen molar-refractivity contribution in [2.75, 3.05) is 19.0 Å². The third-order valence-corrected chi connectivity index (χ3v) is 6.82. The Balaban J connectivity index is 1.64. The summed E-state index contributed by atoms with van der Waals surface area (Å²) in [6.07, 6.45) is -7.14. The smallest absolute Gasteiger partial charge is 0.444 e. The molecular formula is C23H29F2N4O11P. The minimum absolute atomic E-state index is 0.0950. The Bertz CT molecular complexity index is 1310. The highest BCUT2D eigenvalue weighted by molar-refractivity contribution is 7.50. The number of anilines is 1. The molecule has 41 heavy (non-hydrogen) atoms. The van der Waals surface area contributed by atoms with Crippen LogP contribution in [-0.4, -0.2) is 69.5 Å². The lowest BCUT2D eigenvalue weighted by Crippen LogP contribution is -2.42. The van der Waals surface area contributed by atoms with Crippen molar-refractivity contribution in [3.8, 4) is 0 Å². The Morgan fingerprint density at radius 3 is 2.54 bits per heavy atom. The van der Waals surface area contributed by atoms with Gasteiger partial charge in [0.15, 0.2) is 6.10 Å². The molecule has 0 bridgehead atoms. The monoisotopic (exact) mass is 606 g/mol. The highest BCUT2D eigenvalue weighted by Crippen LogP contribution is 2.45. The number of benzene rings is 1. The van der Waals surface area contributed by atoms with E-state index in [0.29, 0.717) is 10.1 Å². The maximum atomic E-state index is 14.9. The zero-order valence-corrected chi connectivity index (χ0v) is 22.9. The second-order valence-electron chi connectivity index (χ2n) is 9.07. The van der Waals surface area contributed by atoms with Crippen LogP contribution in [0.25, 0.3) is 0 Å². The van der Waals surface area contributed by atoms with Crippen LogP contribution in [0, 0.1) is 5.92 Å². The van der Waals surface area contributed by atoms with Gasteiger partial charge in [0.2, 0.25) is 6.23 Å². The van der Waals surface area contributed by atoms with Gasteiger partial charge in [0.1, 0.15) is 24.6 Å². The van der Waals surface area contributed by atoms with E-state index in [1.54, 1.807) is 44.2 Å². The van der Waals surface area contributed by atoms with Gasteiger partial charge in [-0.05, 0) is 17.5 Å². The Labute approximate surface area is 231 Å². The largest absolute Gasteiger partial charge is 0.460 e. The van der Waals surface area contributed by atoms with Crippen molar-refractivity contribution in [3.63, 3.8) is 0 Å². The summed E-state index contributed by atoms with van der Waals surface area (Å²) in [5.74, 6) is -5.83. The van der Waals surface area contributed by atoms with Crippen LogP contribution in [0.4, 0.5) is 19.4 Å². The van der Waals surface area contributed by atoms with Crippen molar-refractivity contribution in [3.05, 3.63) is 58.6 Å². The van der Waals surface area contributed by atoms with Crippen molar-refractivity contribution in [1.82, 2.24) is 14.6 Å². The van der Waals surface area contributed by atoms with Crippen LogP contribution in [0.15, 0.2) is 47.4 Å². The number of alkyl halides is 2. The number of hydrogen-bond donors (Lipinski definition) is 4. The molecule has 1 fully saturated rings. The van der Waals surface area contributed by atoms with Crippen molar-refractivity contribution in [2.45, 2.75) is 50.9 Å². The number of hydrogen-bond acceptors (Lipinski definition) is 11. The van der Waals surface area contributed by atoms with Gasteiger partial charge >= 0.3 is 31.4 Å². The van der Waals surface area contributed by atoms with Crippen LogP contribution in [0.1, 0.15) is 25.6 Å². The summed E-state index contributed by atoms with van der Waals surface area (Å²) >= 11 is 0. The second-order valence-corrected chi connectivity index (χ2v) is 10.6. The van der Waals surface area contributed by atoms with E-state index < -0.39 is 68.4 Å². The van der Waals surface area contributed by atoms with E-state index in [-0.39, 0.29) is 12.4 Å². The van der Waals surface area contributed by atoms with E-state index in [1.807, 2.05) is 5.32 Å². The molecule has 4 unspecified atom stereocenters. The molecule has 1 aliphatic rings. The Kier molecular flexibility index (Phi) is 10.7. The van der Waals surface area contributed by atoms with Crippen molar-refractivity contribution in [2.24, 2.45) is 5.92 Å². The van der Waals surface area contributed by atoms with Crippen LogP contribution in [0.2, 0.25) is 0 Å². The van der Waals surface area contributed by atoms with E-state index in [4.69, 9.17) is 14.0 Å². The normalized spacial score (nSPS) is 22.1. The number of aliphatic hydroxyl groups excluding tert-OH is 1. The van der Waals surface area contributed by atoms with Gasteiger partial charge in [-0.1, -0.05) is 44.2 Å². The number of esters is 1. The van der Waals surface area contributed by atoms with Gasteiger partial charge in [-0.3, -0.25) is 24.1 Å². The first-order valence-corrected chi connectivity index (χ1v) is 13.6. The zero-order chi connectivity index (χ0) is 30.4. The molecule has 18 heteroatoms. The number of ether oxygens (including phenoxy) is 2. The molecule has 1 saturated heterocycles. The summed E-state index contributed by atoms with van der Waals surface area (Å²) < 4.78 is 57.9. The topological polar surface area (TPSA) is 197 Å². The number of amides is 1. The van der Waals surface area contributed by atoms with Gasteiger partial charge in [0.05, 0.1) is 13.7 Å². The molecule has 1 aromatic heterocycles. The first-order chi connectivity index (χ1) is 19.2. The number of aromatic nitrogens is 2. The molecule has 0 radical (unpaired) electrons. The number of rotatable bonds is 12.